The van der Waals surface area contributed by atoms with Gasteiger partial charge in [0.25, 0.3) is 0 Å². The molecule has 2 aliphatic rings. The van der Waals surface area contributed by atoms with Crippen LogP contribution in [0.5, 0.6) is 5.75 Å². The van der Waals surface area contributed by atoms with Gasteiger partial charge < -0.3 is 9.84 Å². The second-order valence-corrected chi connectivity index (χ2v) is 7.20. The number of hydrogen-bond donors (Lipinski definition) is 1. The van der Waals surface area contributed by atoms with Crippen LogP contribution in [0.2, 0.25) is 0 Å². The minimum Gasteiger partial charge on any atom is -0.482 e. The van der Waals surface area contributed by atoms with Crippen molar-refractivity contribution in [3.63, 3.8) is 0 Å². The molecule has 7 heteroatoms. The number of carbonyl (C=O) groups is 1. The summed E-state index contributed by atoms with van der Waals surface area (Å²) in [7, 11) is 0. The summed E-state index contributed by atoms with van der Waals surface area (Å²) in [5.41, 5.74) is 2.95. The topological polar surface area (TPSA) is 78.8 Å². The Morgan fingerprint density at radius 3 is 2.85 bits per heavy atom. The van der Waals surface area contributed by atoms with E-state index in [4.69, 9.17) is 9.84 Å². The normalized spacial score (nSPS) is 20.4. The minimum absolute atomic E-state index is 0.336. The zero-order valence-electron chi connectivity index (χ0n) is 15.3. The fourth-order valence-corrected chi connectivity index (χ4v) is 4.05. The highest BCUT2D eigenvalue weighted by Crippen LogP contribution is 2.29. The molecule has 0 aliphatic carbocycles. The predicted molar refractivity (Wildman–Crippen MR) is 100 cm³/mol. The first-order chi connectivity index (χ1) is 13.2. The van der Waals surface area contributed by atoms with Gasteiger partial charge in [0.05, 0.1) is 0 Å². The Hall–Kier alpha value is -2.51. The van der Waals surface area contributed by atoms with E-state index in [0.29, 0.717) is 11.8 Å². The van der Waals surface area contributed by atoms with E-state index >= 15 is 0 Å². The van der Waals surface area contributed by atoms with Crippen LogP contribution < -0.4 is 4.74 Å². The maximum Gasteiger partial charge on any atom is 0.341 e. The molecule has 0 bridgehead atoms. The second kappa shape index (κ2) is 8.02. The first-order valence-corrected chi connectivity index (χ1v) is 9.38. The SMILES string of the molecule is O=C(O)COc1ccc(-c2cncnc2)cc1CN1CCN2CCC[C@@H]2C1. The van der Waals surface area contributed by atoms with Crippen LogP contribution in [0.15, 0.2) is 36.9 Å². The number of carboxylic acid groups (broad SMARTS) is 1. The van der Waals surface area contributed by atoms with Crippen molar-refractivity contribution in [2.45, 2.75) is 25.4 Å². The number of piperazine rings is 1. The molecule has 0 spiro atoms. The monoisotopic (exact) mass is 368 g/mol. The number of ether oxygens (including phenoxy) is 1. The van der Waals surface area contributed by atoms with E-state index in [9.17, 15) is 4.79 Å². The number of aromatic nitrogens is 2. The van der Waals surface area contributed by atoms with Gasteiger partial charge in [-0.1, -0.05) is 6.07 Å². The maximum absolute atomic E-state index is 10.9. The third kappa shape index (κ3) is 4.26. The summed E-state index contributed by atoms with van der Waals surface area (Å²) in [6.07, 6.45) is 7.62. The van der Waals surface area contributed by atoms with Crippen molar-refractivity contribution in [2.24, 2.45) is 0 Å². The van der Waals surface area contributed by atoms with Gasteiger partial charge in [-0.3, -0.25) is 9.80 Å². The molecular formula is C20H24N4O3. The van der Waals surface area contributed by atoms with Crippen LogP contribution in [0.1, 0.15) is 18.4 Å². The number of fused-ring (bicyclic) bond motifs is 1. The fourth-order valence-electron chi connectivity index (χ4n) is 4.05. The summed E-state index contributed by atoms with van der Waals surface area (Å²) < 4.78 is 5.55. The summed E-state index contributed by atoms with van der Waals surface area (Å²) in [5.74, 6) is -0.340. The lowest BCUT2D eigenvalue weighted by Gasteiger charge is -2.37. The molecule has 2 aromatic rings. The lowest BCUT2D eigenvalue weighted by Crippen LogP contribution is -2.49. The van der Waals surface area contributed by atoms with Crippen LogP contribution in [-0.2, 0) is 11.3 Å². The number of hydrogen-bond acceptors (Lipinski definition) is 6. The Balaban J connectivity index is 1.56. The molecule has 0 radical (unpaired) electrons. The van der Waals surface area contributed by atoms with Crippen LogP contribution in [0.3, 0.4) is 0 Å². The lowest BCUT2D eigenvalue weighted by molar-refractivity contribution is -0.139. The van der Waals surface area contributed by atoms with Gasteiger partial charge in [-0.05, 0) is 37.1 Å². The van der Waals surface area contributed by atoms with Gasteiger partial charge in [0.2, 0.25) is 0 Å². The van der Waals surface area contributed by atoms with Crippen molar-refractivity contribution in [3.8, 4) is 16.9 Å². The Bertz CT molecular complexity index is 799. The highest BCUT2D eigenvalue weighted by Gasteiger charge is 2.30. The van der Waals surface area contributed by atoms with Gasteiger partial charge >= 0.3 is 5.97 Å². The highest BCUT2D eigenvalue weighted by molar-refractivity contribution is 5.69. The molecule has 4 rings (SSSR count). The number of rotatable bonds is 6. The number of aliphatic carboxylic acids is 1. The van der Waals surface area contributed by atoms with Crippen LogP contribution in [0.25, 0.3) is 11.1 Å². The van der Waals surface area contributed by atoms with E-state index in [1.54, 1.807) is 12.4 Å². The molecule has 2 fully saturated rings. The molecule has 1 aromatic heterocycles. The predicted octanol–water partition coefficient (Wildman–Crippen LogP) is 1.89. The van der Waals surface area contributed by atoms with Crippen LogP contribution in [0, 0.1) is 0 Å². The Morgan fingerprint density at radius 1 is 1.19 bits per heavy atom. The number of benzene rings is 1. The maximum atomic E-state index is 10.9. The Labute approximate surface area is 158 Å². The van der Waals surface area contributed by atoms with E-state index in [1.165, 1.54) is 25.7 Å². The third-order valence-corrected chi connectivity index (χ3v) is 5.37. The highest BCUT2D eigenvalue weighted by atomic mass is 16.5. The molecule has 0 unspecified atom stereocenters. The molecular weight excluding hydrogens is 344 g/mol. The number of carboxylic acids is 1. The van der Waals surface area contributed by atoms with Gasteiger partial charge in [0.15, 0.2) is 6.61 Å². The first-order valence-electron chi connectivity index (χ1n) is 9.38. The molecule has 7 nitrogen and oxygen atoms in total. The van der Waals surface area contributed by atoms with E-state index in [1.807, 2.05) is 12.1 Å². The minimum atomic E-state index is -0.971. The standard InChI is InChI=1S/C20H24N4O3/c25-20(26)13-27-19-4-3-15(17-9-21-14-22-10-17)8-16(19)11-23-6-7-24-5-1-2-18(24)12-23/h3-4,8-10,14,18H,1-2,5-7,11-13H2,(H,25,26)/t18-/m1/s1. The average molecular weight is 368 g/mol. The zero-order chi connectivity index (χ0) is 18.6. The van der Waals surface area contributed by atoms with Crippen LogP contribution in [-0.4, -0.2) is 69.7 Å². The van der Waals surface area contributed by atoms with Crippen molar-refractivity contribution in [1.82, 2.24) is 19.8 Å². The second-order valence-electron chi connectivity index (χ2n) is 7.20. The van der Waals surface area contributed by atoms with E-state index < -0.39 is 5.97 Å². The molecule has 2 aliphatic heterocycles. The summed E-state index contributed by atoms with van der Waals surface area (Å²) in [5, 5.41) is 8.96. The zero-order valence-corrected chi connectivity index (χ0v) is 15.3. The quantitative estimate of drug-likeness (QED) is 0.834. The van der Waals surface area contributed by atoms with Gasteiger partial charge in [0.1, 0.15) is 12.1 Å². The molecule has 27 heavy (non-hydrogen) atoms. The molecule has 142 valence electrons. The third-order valence-electron chi connectivity index (χ3n) is 5.37. The van der Waals surface area contributed by atoms with Crippen LogP contribution in [0.4, 0.5) is 0 Å². The van der Waals surface area contributed by atoms with Gasteiger partial charge in [-0.15, -0.1) is 0 Å². The molecule has 1 aromatic carbocycles. The summed E-state index contributed by atoms with van der Waals surface area (Å²) in [4.78, 5) is 24.1. The molecule has 0 amide bonds. The lowest BCUT2D eigenvalue weighted by atomic mass is 10.0. The molecule has 0 saturated carbocycles. The number of nitrogens with zero attached hydrogens (tertiary/aromatic N) is 4. The largest absolute Gasteiger partial charge is 0.482 e. The van der Waals surface area contributed by atoms with Crippen molar-refractivity contribution >= 4 is 5.97 Å². The van der Waals surface area contributed by atoms with Gasteiger partial charge in [0, 0.05) is 55.7 Å². The molecule has 1 atom stereocenters. The van der Waals surface area contributed by atoms with E-state index in [0.717, 1.165) is 42.9 Å². The smallest absolute Gasteiger partial charge is 0.341 e. The summed E-state index contributed by atoms with van der Waals surface area (Å²) >= 11 is 0. The fraction of sp³-hybridized carbons (Fsp3) is 0.450. The van der Waals surface area contributed by atoms with E-state index in [2.05, 4.69) is 25.8 Å². The van der Waals surface area contributed by atoms with Crippen molar-refractivity contribution in [2.75, 3.05) is 32.8 Å². The molecule has 2 saturated heterocycles. The summed E-state index contributed by atoms with van der Waals surface area (Å²) in [6.45, 7) is 4.81. The van der Waals surface area contributed by atoms with E-state index in [-0.39, 0.29) is 6.61 Å². The van der Waals surface area contributed by atoms with Crippen LogP contribution >= 0.6 is 0 Å². The van der Waals surface area contributed by atoms with Crippen molar-refractivity contribution in [3.05, 3.63) is 42.5 Å². The summed E-state index contributed by atoms with van der Waals surface area (Å²) in [6, 6.07) is 6.49. The molecule has 3 heterocycles. The Morgan fingerprint density at radius 2 is 2.04 bits per heavy atom. The Kier molecular flexibility index (Phi) is 5.31. The molecule has 1 N–H and O–H groups in total. The average Bonchev–Trinajstić information content (AvgIpc) is 3.15. The first kappa shape index (κ1) is 17.9. The van der Waals surface area contributed by atoms with Crippen molar-refractivity contribution in [1.29, 1.82) is 0 Å². The van der Waals surface area contributed by atoms with Crippen molar-refractivity contribution < 1.29 is 14.6 Å². The van der Waals surface area contributed by atoms with Gasteiger partial charge in [-0.25, -0.2) is 14.8 Å². The van der Waals surface area contributed by atoms with Gasteiger partial charge in [-0.2, -0.15) is 0 Å².